The highest BCUT2D eigenvalue weighted by atomic mass is 16.5. The molecule has 2 heterocycles. The first-order valence-corrected chi connectivity index (χ1v) is 5.97. The Morgan fingerprint density at radius 3 is 2.85 bits per heavy atom. The normalized spacial score (nSPS) is 21.2. The third-order valence-corrected chi connectivity index (χ3v) is 2.78. The van der Waals surface area contributed by atoms with Gasteiger partial charge in [-0.3, -0.25) is 4.79 Å². The van der Waals surface area contributed by atoms with E-state index in [4.69, 9.17) is 9.84 Å². The molecule has 0 saturated carbocycles. The fourth-order valence-electron chi connectivity index (χ4n) is 1.66. The van der Waals surface area contributed by atoms with Crippen molar-refractivity contribution in [2.24, 2.45) is 5.10 Å². The lowest BCUT2D eigenvalue weighted by atomic mass is 10.3. The predicted octanol–water partition coefficient (Wildman–Crippen LogP) is -0.193. The number of nitrogens with zero attached hydrogens (tertiary/aromatic N) is 3. The predicted molar refractivity (Wildman–Crippen MR) is 67.0 cm³/mol. The van der Waals surface area contributed by atoms with Gasteiger partial charge in [-0.25, -0.2) is 19.5 Å². The third kappa shape index (κ3) is 2.87. The molecule has 108 valence electrons. The number of carbonyl (C=O) groups excluding carboxylic acids is 2. The molecule has 20 heavy (non-hydrogen) atoms. The summed E-state index contributed by atoms with van der Waals surface area (Å²) >= 11 is 0. The van der Waals surface area contributed by atoms with Crippen molar-refractivity contribution in [1.82, 2.24) is 15.2 Å². The van der Waals surface area contributed by atoms with Gasteiger partial charge in [0, 0.05) is 0 Å². The van der Waals surface area contributed by atoms with Crippen LogP contribution >= 0.6 is 0 Å². The summed E-state index contributed by atoms with van der Waals surface area (Å²) in [6, 6.07) is -2.40. The van der Waals surface area contributed by atoms with E-state index in [1.165, 1.54) is 13.2 Å². The summed E-state index contributed by atoms with van der Waals surface area (Å²) in [4.78, 5) is 35.3. The highest BCUT2D eigenvalue weighted by Gasteiger charge is 2.34. The maximum absolute atomic E-state index is 12.0. The van der Waals surface area contributed by atoms with Gasteiger partial charge in [-0.15, -0.1) is 0 Å². The van der Waals surface area contributed by atoms with Crippen LogP contribution in [0, 0.1) is 0 Å². The number of hydrogen-bond donors (Lipinski definition) is 2. The van der Waals surface area contributed by atoms with Crippen molar-refractivity contribution >= 4 is 23.7 Å². The Kier molecular flexibility index (Phi) is 3.87. The highest BCUT2D eigenvalue weighted by Crippen LogP contribution is 2.11. The number of imide groups is 1. The molecule has 0 aromatic carbocycles. The lowest BCUT2D eigenvalue weighted by Gasteiger charge is -2.17. The number of rotatable bonds is 3. The molecule has 0 radical (unpaired) electrons. The second-order valence-corrected chi connectivity index (χ2v) is 4.27. The summed E-state index contributed by atoms with van der Waals surface area (Å²) in [5.74, 6) is -1.17. The summed E-state index contributed by atoms with van der Waals surface area (Å²) in [7, 11) is 0. The van der Waals surface area contributed by atoms with Crippen molar-refractivity contribution < 1.29 is 24.2 Å². The number of carboxylic acid groups (broad SMARTS) is 1. The van der Waals surface area contributed by atoms with E-state index < -0.39 is 24.1 Å². The number of carboxylic acids is 1. The molecule has 1 saturated heterocycles. The number of carbonyl (C=O) groups is 3. The van der Waals surface area contributed by atoms with E-state index in [-0.39, 0.29) is 19.7 Å². The molecule has 2 rings (SSSR count). The van der Waals surface area contributed by atoms with Crippen LogP contribution in [0.25, 0.3) is 0 Å². The summed E-state index contributed by atoms with van der Waals surface area (Å²) in [5.41, 5.74) is 0.583. The zero-order chi connectivity index (χ0) is 14.7. The molecule has 0 unspecified atom stereocenters. The average Bonchev–Trinajstić information content (AvgIpc) is 3.01. The molecule has 2 aliphatic rings. The Balaban J connectivity index is 1.97. The van der Waals surface area contributed by atoms with Crippen LogP contribution in [0.5, 0.6) is 0 Å². The maximum atomic E-state index is 12.0. The number of ether oxygens (including phenoxy) is 1. The van der Waals surface area contributed by atoms with E-state index in [0.29, 0.717) is 5.71 Å². The van der Waals surface area contributed by atoms with Gasteiger partial charge in [-0.2, -0.15) is 5.10 Å². The summed E-state index contributed by atoms with van der Waals surface area (Å²) in [6.07, 6.45) is 3.10. The monoisotopic (exact) mass is 282 g/mol. The summed E-state index contributed by atoms with van der Waals surface area (Å²) in [6.45, 7) is 2.01. The van der Waals surface area contributed by atoms with Crippen LogP contribution in [0.2, 0.25) is 0 Å². The fraction of sp³-hybridized carbons (Fsp3) is 0.455. The van der Waals surface area contributed by atoms with Crippen molar-refractivity contribution in [3.05, 3.63) is 12.3 Å². The Labute approximate surface area is 114 Å². The van der Waals surface area contributed by atoms with Gasteiger partial charge in [-0.1, -0.05) is 0 Å². The quantitative estimate of drug-likeness (QED) is 0.745. The molecular weight excluding hydrogens is 268 g/mol. The Morgan fingerprint density at radius 2 is 2.25 bits per heavy atom. The molecule has 0 aromatic heterocycles. The standard InChI is InChI=1S/C11H14N4O5/c1-7(9(16)17)12-10(18)14-3-4-15(11(14)19)13-8-2-5-20-6-8/h2,5,7H,3-4,6H2,1H3,(H,12,18)(H,16,17)/t7-/m1/s1. The van der Waals surface area contributed by atoms with Crippen LogP contribution in [0.4, 0.5) is 9.59 Å². The van der Waals surface area contributed by atoms with Crippen molar-refractivity contribution in [3.8, 4) is 0 Å². The van der Waals surface area contributed by atoms with Crippen molar-refractivity contribution in [3.63, 3.8) is 0 Å². The fourth-order valence-corrected chi connectivity index (χ4v) is 1.66. The van der Waals surface area contributed by atoms with Crippen LogP contribution in [0.1, 0.15) is 6.92 Å². The van der Waals surface area contributed by atoms with Crippen LogP contribution in [-0.2, 0) is 9.53 Å². The zero-order valence-corrected chi connectivity index (χ0v) is 10.8. The van der Waals surface area contributed by atoms with Gasteiger partial charge >= 0.3 is 18.0 Å². The second kappa shape index (κ2) is 5.59. The average molecular weight is 282 g/mol. The number of urea groups is 2. The van der Waals surface area contributed by atoms with Gasteiger partial charge in [0.1, 0.15) is 18.4 Å². The molecule has 0 aromatic rings. The third-order valence-electron chi connectivity index (χ3n) is 2.78. The SMILES string of the molecule is C[C@@H](NC(=O)N1CCN(N=C2C=COC2)C1=O)C(=O)O. The van der Waals surface area contributed by atoms with Gasteiger partial charge in [0.25, 0.3) is 0 Å². The minimum atomic E-state index is -1.17. The summed E-state index contributed by atoms with van der Waals surface area (Å²) in [5, 5.41) is 16.1. The first kappa shape index (κ1) is 13.8. The lowest BCUT2D eigenvalue weighted by Crippen LogP contribution is -2.47. The van der Waals surface area contributed by atoms with E-state index >= 15 is 0 Å². The van der Waals surface area contributed by atoms with E-state index in [9.17, 15) is 14.4 Å². The Bertz CT molecular complexity index is 501. The van der Waals surface area contributed by atoms with Crippen molar-refractivity contribution in [1.29, 1.82) is 0 Å². The Hall–Kier alpha value is -2.58. The molecule has 2 N–H and O–H groups in total. The molecule has 4 amide bonds. The second-order valence-electron chi connectivity index (χ2n) is 4.27. The number of hydrazone groups is 1. The van der Waals surface area contributed by atoms with Gasteiger partial charge in [-0.05, 0) is 13.0 Å². The summed E-state index contributed by atoms with van der Waals surface area (Å²) < 4.78 is 4.95. The van der Waals surface area contributed by atoms with Gasteiger partial charge in [0.15, 0.2) is 0 Å². The molecular formula is C11H14N4O5. The van der Waals surface area contributed by atoms with Gasteiger partial charge in [0.05, 0.1) is 19.4 Å². The smallest absolute Gasteiger partial charge is 0.348 e. The van der Waals surface area contributed by atoms with E-state index in [0.717, 1.165) is 9.91 Å². The molecule has 1 atom stereocenters. The molecule has 0 spiro atoms. The van der Waals surface area contributed by atoms with Gasteiger partial charge < -0.3 is 15.2 Å². The topological polar surface area (TPSA) is 112 Å². The molecule has 9 heteroatoms. The molecule has 1 fully saturated rings. The number of hydrogen-bond acceptors (Lipinski definition) is 5. The minimum Gasteiger partial charge on any atom is -0.495 e. The van der Waals surface area contributed by atoms with Crippen LogP contribution in [-0.4, -0.2) is 64.5 Å². The Morgan fingerprint density at radius 1 is 1.50 bits per heavy atom. The highest BCUT2D eigenvalue weighted by molar-refractivity contribution is 6.00. The first-order chi connectivity index (χ1) is 9.49. The van der Waals surface area contributed by atoms with Crippen LogP contribution in [0.15, 0.2) is 17.4 Å². The van der Waals surface area contributed by atoms with Crippen molar-refractivity contribution in [2.45, 2.75) is 13.0 Å². The number of nitrogens with one attached hydrogen (secondary N) is 1. The number of amides is 4. The van der Waals surface area contributed by atoms with Crippen molar-refractivity contribution in [2.75, 3.05) is 19.7 Å². The molecule has 0 bridgehead atoms. The zero-order valence-electron chi connectivity index (χ0n) is 10.8. The van der Waals surface area contributed by atoms with Crippen LogP contribution < -0.4 is 5.32 Å². The van der Waals surface area contributed by atoms with Gasteiger partial charge in [0.2, 0.25) is 0 Å². The van der Waals surface area contributed by atoms with Crippen LogP contribution in [0.3, 0.4) is 0 Å². The molecule has 2 aliphatic heterocycles. The van der Waals surface area contributed by atoms with E-state index in [1.54, 1.807) is 6.08 Å². The lowest BCUT2D eigenvalue weighted by molar-refractivity contribution is -0.138. The largest absolute Gasteiger partial charge is 0.495 e. The molecule has 0 aliphatic carbocycles. The minimum absolute atomic E-state index is 0.151. The number of aliphatic carboxylic acids is 1. The maximum Gasteiger partial charge on any atom is 0.348 e. The van der Waals surface area contributed by atoms with E-state index in [1.807, 2.05) is 0 Å². The first-order valence-electron chi connectivity index (χ1n) is 5.97. The van der Waals surface area contributed by atoms with E-state index in [2.05, 4.69) is 10.4 Å². The molecule has 9 nitrogen and oxygen atoms in total.